The van der Waals surface area contributed by atoms with Crippen molar-refractivity contribution in [1.29, 1.82) is 0 Å². The zero-order chi connectivity index (χ0) is 18.1. The SMILES string of the molecule is O=c1nc2s/c(=C\c3ccc(I)cc3)c(=O)n2nc1Cc1ccccc1. The van der Waals surface area contributed by atoms with Crippen molar-refractivity contribution < 1.29 is 0 Å². The molecular weight excluding hydrogens is 461 g/mol. The first-order valence-electron chi connectivity index (χ1n) is 7.84. The van der Waals surface area contributed by atoms with Crippen LogP contribution in [0.15, 0.2) is 64.2 Å². The van der Waals surface area contributed by atoms with Crippen LogP contribution in [0, 0.1) is 3.57 Å². The number of rotatable bonds is 3. The molecule has 2 aromatic heterocycles. The summed E-state index contributed by atoms with van der Waals surface area (Å²) in [6, 6.07) is 17.4. The Morgan fingerprint density at radius 3 is 2.50 bits per heavy atom. The molecule has 4 rings (SSSR count). The number of hydrogen-bond acceptors (Lipinski definition) is 5. The summed E-state index contributed by atoms with van der Waals surface area (Å²) in [6.07, 6.45) is 2.14. The Balaban J connectivity index is 1.81. The maximum absolute atomic E-state index is 12.7. The van der Waals surface area contributed by atoms with Crippen molar-refractivity contribution in [3.05, 3.63) is 100 Å². The predicted octanol–water partition coefficient (Wildman–Crippen LogP) is 2.25. The van der Waals surface area contributed by atoms with Gasteiger partial charge in [-0.2, -0.15) is 14.6 Å². The number of hydrogen-bond donors (Lipinski definition) is 0. The van der Waals surface area contributed by atoms with Crippen molar-refractivity contribution in [2.24, 2.45) is 0 Å². The second-order valence-corrected chi connectivity index (χ2v) is 7.94. The molecule has 26 heavy (non-hydrogen) atoms. The molecule has 4 aromatic rings. The van der Waals surface area contributed by atoms with Gasteiger partial charge in [0.25, 0.3) is 11.1 Å². The van der Waals surface area contributed by atoms with Crippen molar-refractivity contribution in [1.82, 2.24) is 14.6 Å². The largest absolute Gasteiger partial charge is 0.296 e. The summed E-state index contributed by atoms with van der Waals surface area (Å²) >= 11 is 3.40. The van der Waals surface area contributed by atoms with E-state index in [2.05, 4.69) is 32.7 Å². The Morgan fingerprint density at radius 1 is 1.04 bits per heavy atom. The van der Waals surface area contributed by atoms with Crippen molar-refractivity contribution >= 4 is 45.0 Å². The molecule has 0 saturated heterocycles. The van der Waals surface area contributed by atoms with Gasteiger partial charge >= 0.3 is 0 Å². The Morgan fingerprint density at radius 2 is 1.77 bits per heavy atom. The van der Waals surface area contributed by atoms with Crippen LogP contribution in [0.5, 0.6) is 0 Å². The molecular formula is C19H12IN3O2S. The third-order valence-corrected chi connectivity index (χ3v) is 5.51. The van der Waals surface area contributed by atoms with Crippen LogP contribution in [0.1, 0.15) is 16.8 Å². The Hall–Kier alpha value is -2.39. The van der Waals surface area contributed by atoms with Crippen molar-refractivity contribution in [3.63, 3.8) is 0 Å². The molecule has 0 amide bonds. The van der Waals surface area contributed by atoms with Gasteiger partial charge in [-0.05, 0) is 51.9 Å². The molecule has 2 heterocycles. The van der Waals surface area contributed by atoms with Crippen LogP contribution in [-0.2, 0) is 6.42 Å². The second kappa shape index (κ2) is 7.08. The summed E-state index contributed by atoms with van der Waals surface area (Å²) < 4.78 is 2.85. The zero-order valence-corrected chi connectivity index (χ0v) is 16.4. The summed E-state index contributed by atoms with van der Waals surface area (Å²) in [5.74, 6) is 0. The van der Waals surface area contributed by atoms with Crippen LogP contribution in [0.2, 0.25) is 0 Å². The van der Waals surface area contributed by atoms with E-state index in [1.807, 2.05) is 54.6 Å². The minimum atomic E-state index is -0.393. The molecule has 2 aromatic carbocycles. The van der Waals surface area contributed by atoms with Gasteiger partial charge in [0, 0.05) is 9.99 Å². The van der Waals surface area contributed by atoms with E-state index in [4.69, 9.17) is 0 Å². The van der Waals surface area contributed by atoms with E-state index in [1.54, 1.807) is 6.08 Å². The van der Waals surface area contributed by atoms with E-state index in [0.29, 0.717) is 15.9 Å². The van der Waals surface area contributed by atoms with Gasteiger partial charge in [0.1, 0.15) is 5.69 Å². The van der Waals surface area contributed by atoms with Crippen molar-refractivity contribution in [2.75, 3.05) is 0 Å². The summed E-state index contributed by atoms with van der Waals surface area (Å²) in [6.45, 7) is 0. The molecule has 7 heteroatoms. The van der Waals surface area contributed by atoms with Crippen LogP contribution >= 0.6 is 33.9 Å². The maximum Gasteiger partial charge on any atom is 0.296 e. The monoisotopic (exact) mass is 473 g/mol. The number of aromatic nitrogens is 3. The van der Waals surface area contributed by atoms with E-state index in [1.165, 1.54) is 15.9 Å². The topological polar surface area (TPSA) is 64.3 Å². The average molecular weight is 473 g/mol. The lowest BCUT2D eigenvalue weighted by molar-refractivity contribution is 0.811. The molecule has 0 spiro atoms. The first-order valence-corrected chi connectivity index (χ1v) is 9.74. The highest BCUT2D eigenvalue weighted by molar-refractivity contribution is 14.1. The fourth-order valence-electron chi connectivity index (χ4n) is 2.55. The van der Waals surface area contributed by atoms with Gasteiger partial charge in [-0.15, -0.1) is 0 Å². The highest BCUT2D eigenvalue weighted by atomic mass is 127. The molecule has 0 aliphatic rings. The second-order valence-electron chi connectivity index (χ2n) is 5.69. The Kier molecular flexibility index (Phi) is 4.64. The number of halogens is 1. The number of benzene rings is 2. The molecule has 0 unspecified atom stereocenters. The fraction of sp³-hybridized carbons (Fsp3) is 0.0526. The average Bonchev–Trinajstić information content (AvgIpc) is 2.93. The zero-order valence-electron chi connectivity index (χ0n) is 13.4. The Bertz CT molecular complexity index is 1250. The highest BCUT2D eigenvalue weighted by Gasteiger charge is 2.11. The van der Waals surface area contributed by atoms with Gasteiger partial charge in [-0.1, -0.05) is 53.8 Å². The van der Waals surface area contributed by atoms with Gasteiger partial charge in [-0.25, -0.2) is 0 Å². The lowest BCUT2D eigenvalue weighted by Gasteiger charge is -1.99. The molecule has 0 fully saturated rings. The fourth-order valence-corrected chi connectivity index (χ4v) is 3.82. The normalized spacial score (nSPS) is 12.0. The lowest BCUT2D eigenvalue weighted by Crippen LogP contribution is -2.28. The van der Waals surface area contributed by atoms with Crippen molar-refractivity contribution in [3.8, 4) is 0 Å². The molecule has 0 aliphatic carbocycles. The van der Waals surface area contributed by atoms with E-state index in [-0.39, 0.29) is 11.3 Å². The third kappa shape index (κ3) is 3.45. The van der Waals surface area contributed by atoms with Crippen LogP contribution < -0.4 is 15.7 Å². The molecule has 0 N–H and O–H groups in total. The van der Waals surface area contributed by atoms with Crippen molar-refractivity contribution in [2.45, 2.75) is 6.42 Å². The third-order valence-electron chi connectivity index (χ3n) is 3.83. The summed E-state index contributed by atoms with van der Waals surface area (Å²) in [7, 11) is 0. The number of thiazole rings is 1. The van der Waals surface area contributed by atoms with Gasteiger partial charge in [0.05, 0.1) is 4.53 Å². The van der Waals surface area contributed by atoms with E-state index < -0.39 is 5.56 Å². The standard InChI is InChI=1S/C19H12IN3O2S/c20-14-8-6-13(7-9-14)11-16-18(25)23-19(26-16)21-17(24)15(22-23)10-12-4-2-1-3-5-12/h1-9,11H,10H2/b16-11-. The predicted molar refractivity (Wildman–Crippen MR) is 111 cm³/mol. The van der Waals surface area contributed by atoms with Gasteiger partial charge in [0.2, 0.25) is 4.96 Å². The highest BCUT2D eigenvalue weighted by Crippen LogP contribution is 2.08. The van der Waals surface area contributed by atoms with Crippen LogP contribution in [0.4, 0.5) is 0 Å². The Labute approximate surface area is 165 Å². The first-order chi connectivity index (χ1) is 12.6. The molecule has 0 atom stereocenters. The molecule has 0 aliphatic heterocycles. The minimum Gasteiger partial charge on any atom is -0.266 e. The number of fused-ring (bicyclic) bond motifs is 1. The first kappa shape index (κ1) is 17.0. The summed E-state index contributed by atoms with van der Waals surface area (Å²) in [5, 5.41) is 4.26. The molecule has 0 bridgehead atoms. The van der Waals surface area contributed by atoms with Gasteiger partial charge in [-0.3, -0.25) is 9.59 Å². The van der Waals surface area contributed by atoms with Gasteiger partial charge < -0.3 is 0 Å². The smallest absolute Gasteiger partial charge is 0.266 e. The molecule has 0 radical (unpaired) electrons. The van der Waals surface area contributed by atoms with Crippen LogP contribution in [0.25, 0.3) is 11.0 Å². The van der Waals surface area contributed by atoms with Crippen LogP contribution in [0.3, 0.4) is 0 Å². The van der Waals surface area contributed by atoms with Gasteiger partial charge in [0.15, 0.2) is 0 Å². The van der Waals surface area contributed by atoms with E-state index in [0.717, 1.165) is 14.7 Å². The quantitative estimate of drug-likeness (QED) is 0.429. The minimum absolute atomic E-state index is 0.259. The summed E-state index contributed by atoms with van der Waals surface area (Å²) in [5.41, 5.74) is 1.49. The van der Waals surface area contributed by atoms with E-state index in [9.17, 15) is 9.59 Å². The lowest BCUT2D eigenvalue weighted by atomic mass is 10.1. The molecule has 128 valence electrons. The molecule has 0 saturated carbocycles. The van der Waals surface area contributed by atoms with Crippen LogP contribution in [-0.4, -0.2) is 14.6 Å². The molecule has 5 nitrogen and oxygen atoms in total. The summed E-state index contributed by atoms with van der Waals surface area (Å²) in [4.78, 5) is 29.3. The maximum atomic E-state index is 12.7. The number of nitrogens with zero attached hydrogens (tertiary/aromatic N) is 3. The van der Waals surface area contributed by atoms with E-state index >= 15 is 0 Å².